The maximum atomic E-state index is 5.55. The highest BCUT2D eigenvalue weighted by atomic mass is 35.5. The summed E-state index contributed by atoms with van der Waals surface area (Å²) in [5, 5.41) is 0.512. The van der Waals surface area contributed by atoms with E-state index in [1.807, 2.05) is 0 Å². The monoisotopic (exact) mass is 174 g/mol. The van der Waals surface area contributed by atoms with Gasteiger partial charge in [0.2, 0.25) is 0 Å². The van der Waals surface area contributed by atoms with E-state index in [-0.39, 0.29) is 10.8 Å². The molecule has 8 heavy (non-hydrogen) atoms. The molecule has 0 amide bonds. The SMILES string of the molecule is CC1C(Cl)C1Cl.CCl. The lowest BCUT2D eigenvalue weighted by Gasteiger charge is -1.63. The Morgan fingerprint density at radius 3 is 1.12 bits per heavy atom. The van der Waals surface area contributed by atoms with Gasteiger partial charge >= 0.3 is 0 Å². The Balaban J connectivity index is 0.000000222. The zero-order valence-electron chi connectivity index (χ0n) is 4.87. The van der Waals surface area contributed by atoms with Crippen LogP contribution in [0.2, 0.25) is 0 Å². The summed E-state index contributed by atoms with van der Waals surface area (Å²) in [6.07, 6.45) is 1.47. The van der Waals surface area contributed by atoms with Crippen molar-refractivity contribution < 1.29 is 0 Å². The minimum Gasteiger partial charge on any atom is -0.130 e. The van der Waals surface area contributed by atoms with Crippen molar-refractivity contribution >= 4 is 34.8 Å². The molecule has 0 aromatic heterocycles. The van der Waals surface area contributed by atoms with Crippen LogP contribution in [0.5, 0.6) is 0 Å². The smallest absolute Gasteiger partial charge is 0.0543 e. The molecule has 1 aliphatic carbocycles. The molecule has 0 heterocycles. The van der Waals surface area contributed by atoms with Gasteiger partial charge in [-0.15, -0.1) is 34.8 Å². The van der Waals surface area contributed by atoms with E-state index < -0.39 is 0 Å². The molecule has 0 bridgehead atoms. The van der Waals surface area contributed by atoms with E-state index in [2.05, 4.69) is 18.5 Å². The number of hydrogen-bond acceptors (Lipinski definition) is 0. The second-order valence-electron chi connectivity index (χ2n) is 1.75. The minimum absolute atomic E-state index is 0.256. The van der Waals surface area contributed by atoms with Crippen LogP contribution in [0.15, 0.2) is 0 Å². The van der Waals surface area contributed by atoms with Gasteiger partial charge in [0.1, 0.15) is 0 Å². The third-order valence-corrected chi connectivity index (χ3v) is 2.63. The van der Waals surface area contributed by atoms with E-state index in [0.717, 1.165) is 0 Å². The molecular formula is C5H9Cl3. The summed E-state index contributed by atoms with van der Waals surface area (Å²) in [6.45, 7) is 2.05. The molecule has 0 aromatic carbocycles. The summed E-state index contributed by atoms with van der Waals surface area (Å²) in [7, 11) is 0. The van der Waals surface area contributed by atoms with Crippen molar-refractivity contribution in [1.82, 2.24) is 0 Å². The summed E-state index contributed by atoms with van der Waals surface area (Å²) in [4.78, 5) is 0. The van der Waals surface area contributed by atoms with Gasteiger partial charge in [0.15, 0.2) is 0 Å². The number of rotatable bonds is 0. The molecule has 3 heteroatoms. The van der Waals surface area contributed by atoms with E-state index in [1.165, 1.54) is 6.38 Å². The first-order valence-electron chi connectivity index (χ1n) is 2.39. The fraction of sp³-hybridized carbons (Fsp3) is 1.00. The fourth-order valence-electron chi connectivity index (χ4n) is 0.368. The molecule has 1 rings (SSSR count). The zero-order valence-corrected chi connectivity index (χ0v) is 7.13. The van der Waals surface area contributed by atoms with Gasteiger partial charge in [-0.1, -0.05) is 6.92 Å². The van der Waals surface area contributed by atoms with Gasteiger partial charge in [-0.3, -0.25) is 0 Å². The molecule has 1 saturated carbocycles. The topological polar surface area (TPSA) is 0 Å². The Morgan fingerprint density at radius 1 is 1.00 bits per heavy atom. The summed E-state index contributed by atoms with van der Waals surface area (Å²) in [5.74, 6) is 0.549. The van der Waals surface area contributed by atoms with Crippen LogP contribution < -0.4 is 0 Å². The molecule has 2 unspecified atom stereocenters. The van der Waals surface area contributed by atoms with Gasteiger partial charge in [-0.2, -0.15) is 0 Å². The Morgan fingerprint density at radius 2 is 1.12 bits per heavy atom. The van der Waals surface area contributed by atoms with Crippen LogP contribution in [0.1, 0.15) is 6.92 Å². The molecular weight excluding hydrogens is 166 g/mol. The number of alkyl halides is 3. The third kappa shape index (κ3) is 2.00. The lowest BCUT2D eigenvalue weighted by atomic mass is 10.5. The normalized spacial score (nSPS) is 42.4. The Hall–Kier alpha value is 0.870. The van der Waals surface area contributed by atoms with E-state index >= 15 is 0 Å². The van der Waals surface area contributed by atoms with Crippen molar-refractivity contribution in [2.24, 2.45) is 5.92 Å². The van der Waals surface area contributed by atoms with E-state index in [9.17, 15) is 0 Å². The maximum absolute atomic E-state index is 5.55. The van der Waals surface area contributed by atoms with Gasteiger partial charge in [-0.25, -0.2) is 0 Å². The molecule has 0 nitrogen and oxygen atoms in total. The molecule has 0 aromatic rings. The minimum atomic E-state index is 0.256. The van der Waals surface area contributed by atoms with Crippen LogP contribution in [0.25, 0.3) is 0 Å². The molecule has 1 aliphatic rings. The molecule has 1 fully saturated rings. The lowest BCUT2D eigenvalue weighted by Crippen LogP contribution is -1.63. The van der Waals surface area contributed by atoms with Crippen LogP contribution in [-0.2, 0) is 0 Å². The van der Waals surface area contributed by atoms with Crippen molar-refractivity contribution in [2.75, 3.05) is 6.38 Å². The predicted molar refractivity (Wildman–Crippen MR) is 40.2 cm³/mol. The molecule has 50 valence electrons. The fourth-order valence-corrected chi connectivity index (χ4v) is 1.05. The average molecular weight is 175 g/mol. The quantitative estimate of drug-likeness (QED) is 0.497. The predicted octanol–water partition coefficient (Wildman–Crippen LogP) is 2.71. The summed E-state index contributed by atoms with van der Waals surface area (Å²) >= 11 is 15.7. The van der Waals surface area contributed by atoms with Crippen molar-refractivity contribution in [3.05, 3.63) is 0 Å². The third-order valence-electron chi connectivity index (χ3n) is 1.17. The van der Waals surface area contributed by atoms with Crippen molar-refractivity contribution in [3.8, 4) is 0 Å². The first-order valence-corrected chi connectivity index (χ1v) is 4.02. The second kappa shape index (κ2) is 3.81. The maximum Gasteiger partial charge on any atom is 0.0543 e. The Kier molecular flexibility index (Phi) is 4.23. The molecule has 2 atom stereocenters. The summed E-state index contributed by atoms with van der Waals surface area (Å²) in [5.41, 5.74) is 0. The second-order valence-corrected chi connectivity index (χ2v) is 2.76. The van der Waals surface area contributed by atoms with E-state index in [0.29, 0.717) is 5.92 Å². The molecule has 0 aliphatic heterocycles. The van der Waals surface area contributed by atoms with Crippen LogP contribution in [0, 0.1) is 5.92 Å². The lowest BCUT2D eigenvalue weighted by molar-refractivity contribution is 0.987. The highest BCUT2D eigenvalue weighted by Gasteiger charge is 2.43. The van der Waals surface area contributed by atoms with Crippen molar-refractivity contribution in [3.63, 3.8) is 0 Å². The number of hydrogen-bond donors (Lipinski definition) is 0. The van der Waals surface area contributed by atoms with Crippen molar-refractivity contribution in [2.45, 2.75) is 17.7 Å². The van der Waals surface area contributed by atoms with Crippen LogP contribution in [-0.4, -0.2) is 17.1 Å². The summed E-state index contributed by atoms with van der Waals surface area (Å²) in [6, 6.07) is 0. The van der Waals surface area contributed by atoms with E-state index in [1.54, 1.807) is 0 Å². The van der Waals surface area contributed by atoms with Gasteiger partial charge in [0, 0.05) is 6.38 Å². The highest BCUT2D eigenvalue weighted by molar-refractivity contribution is 6.34. The molecule has 0 N–H and O–H groups in total. The Bertz CT molecular complexity index is 44.4. The van der Waals surface area contributed by atoms with Crippen LogP contribution in [0.3, 0.4) is 0 Å². The first-order chi connectivity index (χ1) is 3.73. The van der Waals surface area contributed by atoms with Gasteiger partial charge in [0.05, 0.1) is 10.8 Å². The largest absolute Gasteiger partial charge is 0.130 e. The average Bonchev–Trinajstić information content (AvgIpc) is 2.30. The van der Waals surface area contributed by atoms with Crippen molar-refractivity contribution in [1.29, 1.82) is 0 Å². The Labute approximate surface area is 65.1 Å². The number of halogens is 3. The highest BCUT2D eigenvalue weighted by Crippen LogP contribution is 2.40. The van der Waals surface area contributed by atoms with E-state index in [4.69, 9.17) is 23.2 Å². The molecule has 0 radical (unpaired) electrons. The zero-order chi connectivity index (χ0) is 6.73. The van der Waals surface area contributed by atoms with Crippen LogP contribution >= 0.6 is 34.8 Å². The van der Waals surface area contributed by atoms with Gasteiger partial charge < -0.3 is 0 Å². The van der Waals surface area contributed by atoms with Gasteiger partial charge in [0.25, 0.3) is 0 Å². The first kappa shape index (κ1) is 8.87. The summed E-state index contributed by atoms with van der Waals surface area (Å²) < 4.78 is 0. The molecule has 0 saturated heterocycles. The van der Waals surface area contributed by atoms with Gasteiger partial charge in [-0.05, 0) is 5.92 Å². The molecule has 0 spiro atoms. The standard InChI is InChI=1S/C4H6Cl2.CH3Cl/c1-2-3(5)4(2)6;1-2/h2-4H,1H3;1H3. The van der Waals surface area contributed by atoms with Crippen LogP contribution in [0.4, 0.5) is 0 Å².